The largest absolute Gasteiger partial charge is 0.397 e. The summed E-state index contributed by atoms with van der Waals surface area (Å²) in [6.45, 7) is -0.312. The van der Waals surface area contributed by atoms with E-state index in [1.54, 1.807) is 0 Å². The second kappa shape index (κ2) is 4.20. The van der Waals surface area contributed by atoms with Gasteiger partial charge in [-0.3, -0.25) is 4.79 Å². The Kier molecular flexibility index (Phi) is 2.97. The Morgan fingerprint density at radius 3 is 2.56 bits per heavy atom. The van der Waals surface area contributed by atoms with Crippen LogP contribution in [0.1, 0.15) is 6.42 Å². The van der Waals surface area contributed by atoms with Crippen molar-refractivity contribution in [1.82, 2.24) is 0 Å². The standard InChI is InChI=1S/C10H10F2N2O3S/c11-6-1-2-9(8(13)3-6)14-5-7(4-10(14)15)18(12,16)17/h1-3,7H,4-5,13H2. The molecular weight excluding hydrogens is 266 g/mol. The number of hydrogen-bond acceptors (Lipinski definition) is 4. The molecule has 1 atom stereocenters. The van der Waals surface area contributed by atoms with E-state index in [2.05, 4.69) is 0 Å². The van der Waals surface area contributed by atoms with Crippen molar-refractivity contribution < 1.29 is 21.5 Å². The molecule has 1 aliphatic rings. The molecule has 0 radical (unpaired) electrons. The Labute approximate surface area is 102 Å². The highest BCUT2D eigenvalue weighted by atomic mass is 32.3. The maximum Gasteiger partial charge on any atom is 0.307 e. The van der Waals surface area contributed by atoms with Crippen molar-refractivity contribution in [3.63, 3.8) is 0 Å². The lowest BCUT2D eigenvalue weighted by Crippen LogP contribution is -2.27. The van der Waals surface area contributed by atoms with Gasteiger partial charge in [-0.15, -0.1) is 3.89 Å². The van der Waals surface area contributed by atoms with Crippen molar-refractivity contribution in [3.05, 3.63) is 24.0 Å². The zero-order valence-corrected chi connectivity index (χ0v) is 9.95. The fourth-order valence-corrected chi connectivity index (χ4v) is 2.54. The van der Waals surface area contributed by atoms with Gasteiger partial charge >= 0.3 is 10.2 Å². The molecule has 0 aliphatic carbocycles. The second-order valence-corrected chi connectivity index (χ2v) is 5.63. The fraction of sp³-hybridized carbons (Fsp3) is 0.300. The molecule has 0 bridgehead atoms. The number of anilines is 2. The van der Waals surface area contributed by atoms with Gasteiger partial charge in [-0.25, -0.2) is 4.39 Å². The molecule has 1 amide bonds. The van der Waals surface area contributed by atoms with Crippen LogP contribution in [0.25, 0.3) is 0 Å². The predicted molar refractivity (Wildman–Crippen MR) is 61.6 cm³/mol. The van der Waals surface area contributed by atoms with Crippen LogP contribution in [0.2, 0.25) is 0 Å². The summed E-state index contributed by atoms with van der Waals surface area (Å²) in [7, 11) is -4.77. The quantitative estimate of drug-likeness (QED) is 0.640. The van der Waals surface area contributed by atoms with Crippen LogP contribution in [0.15, 0.2) is 18.2 Å². The van der Waals surface area contributed by atoms with Gasteiger partial charge in [0.15, 0.2) is 0 Å². The Morgan fingerprint density at radius 1 is 1.39 bits per heavy atom. The molecular formula is C10H10F2N2O3S. The van der Waals surface area contributed by atoms with Gasteiger partial charge in [0.1, 0.15) is 11.1 Å². The molecule has 0 aromatic heterocycles. The molecule has 1 unspecified atom stereocenters. The third-order valence-electron chi connectivity index (χ3n) is 2.77. The highest BCUT2D eigenvalue weighted by Gasteiger charge is 2.39. The lowest BCUT2D eigenvalue weighted by atomic mass is 10.2. The number of hydrogen-bond donors (Lipinski definition) is 1. The molecule has 1 aliphatic heterocycles. The number of carbonyl (C=O) groups excluding carboxylic acids is 1. The molecule has 18 heavy (non-hydrogen) atoms. The SMILES string of the molecule is Nc1cc(F)ccc1N1CC(S(=O)(=O)F)CC1=O. The number of nitrogens with zero attached hydrogens (tertiary/aromatic N) is 1. The van der Waals surface area contributed by atoms with E-state index in [1.165, 1.54) is 6.07 Å². The van der Waals surface area contributed by atoms with Crippen LogP contribution >= 0.6 is 0 Å². The molecule has 1 aromatic rings. The average molecular weight is 276 g/mol. The lowest BCUT2D eigenvalue weighted by Gasteiger charge is -2.18. The normalized spacial score (nSPS) is 20.4. The Balaban J connectivity index is 2.33. The smallest absolute Gasteiger partial charge is 0.307 e. The first-order chi connectivity index (χ1) is 8.29. The molecule has 2 N–H and O–H groups in total. The fourth-order valence-electron chi connectivity index (χ4n) is 1.87. The summed E-state index contributed by atoms with van der Waals surface area (Å²) in [6, 6.07) is 3.37. The minimum absolute atomic E-state index is 0.000237. The minimum Gasteiger partial charge on any atom is -0.397 e. The van der Waals surface area contributed by atoms with Gasteiger partial charge in [0.05, 0.1) is 11.4 Å². The Morgan fingerprint density at radius 2 is 2.06 bits per heavy atom. The molecule has 5 nitrogen and oxygen atoms in total. The maximum absolute atomic E-state index is 12.9. The summed E-state index contributed by atoms with van der Waals surface area (Å²) in [5.41, 5.74) is 5.73. The number of nitrogen functional groups attached to an aromatic ring is 1. The van der Waals surface area contributed by atoms with E-state index < -0.39 is 33.6 Å². The van der Waals surface area contributed by atoms with E-state index in [0.717, 1.165) is 17.0 Å². The number of rotatable bonds is 2. The van der Waals surface area contributed by atoms with Crippen LogP contribution in [-0.4, -0.2) is 26.1 Å². The van der Waals surface area contributed by atoms with Gasteiger partial charge in [0.2, 0.25) is 5.91 Å². The summed E-state index contributed by atoms with van der Waals surface area (Å²) >= 11 is 0. The van der Waals surface area contributed by atoms with Crippen molar-refractivity contribution in [1.29, 1.82) is 0 Å². The summed E-state index contributed by atoms with van der Waals surface area (Å²) in [5.74, 6) is -1.13. The van der Waals surface area contributed by atoms with Crippen molar-refractivity contribution in [3.8, 4) is 0 Å². The number of benzene rings is 1. The summed E-state index contributed by atoms with van der Waals surface area (Å²) in [4.78, 5) is 12.7. The molecule has 1 saturated heterocycles. The third kappa shape index (κ3) is 2.28. The van der Waals surface area contributed by atoms with Crippen molar-refractivity contribution in [2.45, 2.75) is 11.7 Å². The lowest BCUT2D eigenvalue weighted by molar-refractivity contribution is -0.117. The highest BCUT2D eigenvalue weighted by Crippen LogP contribution is 2.30. The maximum atomic E-state index is 12.9. The number of carbonyl (C=O) groups is 1. The van der Waals surface area contributed by atoms with Gasteiger partial charge in [0, 0.05) is 13.0 Å². The number of amides is 1. The van der Waals surface area contributed by atoms with E-state index >= 15 is 0 Å². The van der Waals surface area contributed by atoms with Gasteiger partial charge in [-0.2, -0.15) is 8.42 Å². The van der Waals surface area contributed by atoms with Gasteiger partial charge in [0.25, 0.3) is 0 Å². The van der Waals surface area contributed by atoms with Crippen molar-refractivity contribution >= 4 is 27.5 Å². The van der Waals surface area contributed by atoms with E-state index in [4.69, 9.17) is 5.73 Å². The van der Waals surface area contributed by atoms with Crippen LogP contribution < -0.4 is 10.6 Å². The van der Waals surface area contributed by atoms with E-state index in [-0.39, 0.29) is 17.9 Å². The van der Waals surface area contributed by atoms with Crippen LogP contribution in [0, 0.1) is 5.82 Å². The molecule has 1 aromatic carbocycles. The van der Waals surface area contributed by atoms with Crippen LogP contribution in [0.3, 0.4) is 0 Å². The number of nitrogens with two attached hydrogens (primary N) is 1. The van der Waals surface area contributed by atoms with E-state index in [9.17, 15) is 21.5 Å². The first-order valence-electron chi connectivity index (χ1n) is 5.08. The molecule has 0 saturated carbocycles. The molecule has 1 heterocycles. The van der Waals surface area contributed by atoms with E-state index in [0.29, 0.717) is 0 Å². The first kappa shape index (κ1) is 12.7. The zero-order valence-electron chi connectivity index (χ0n) is 9.14. The predicted octanol–water partition coefficient (Wildman–Crippen LogP) is 0.813. The summed E-state index contributed by atoms with van der Waals surface area (Å²) in [5, 5.41) is -1.39. The van der Waals surface area contributed by atoms with Gasteiger partial charge < -0.3 is 10.6 Å². The Bertz CT molecular complexity index is 603. The molecule has 98 valence electrons. The molecule has 0 spiro atoms. The van der Waals surface area contributed by atoms with Gasteiger partial charge in [-0.05, 0) is 18.2 Å². The van der Waals surface area contributed by atoms with Crippen LogP contribution in [0.4, 0.5) is 19.7 Å². The topological polar surface area (TPSA) is 80.5 Å². The number of halogens is 2. The Hall–Kier alpha value is -1.70. The summed E-state index contributed by atoms with van der Waals surface area (Å²) < 4.78 is 47.2. The van der Waals surface area contributed by atoms with Crippen molar-refractivity contribution in [2.75, 3.05) is 17.2 Å². The third-order valence-corrected chi connectivity index (χ3v) is 3.88. The zero-order chi connectivity index (χ0) is 13.5. The van der Waals surface area contributed by atoms with E-state index in [1.807, 2.05) is 0 Å². The minimum atomic E-state index is -4.77. The monoisotopic (exact) mass is 276 g/mol. The molecule has 8 heteroatoms. The van der Waals surface area contributed by atoms with Gasteiger partial charge in [-0.1, -0.05) is 0 Å². The van der Waals surface area contributed by atoms with Crippen LogP contribution in [0.5, 0.6) is 0 Å². The van der Waals surface area contributed by atoms with Crippen molar-refractivity contribution in [2.24, 2.45) is 0 Å². The highest BCUT2D eigenvalue weighted by molar-refractivity contribution is 7.87. The second-order valence-electron chi connectivity index (χ2n) is 4.01. The molecule has 2 rings (SSSR count). The van der Waals surface area contributed by atoms with Crippen LogP contribution in [-0.2, 0) is 15.0 Å². The molecule has 1 fully saturated rings. The summed E-state index contributed by atoms with van der Waals surface area (Å²) in [6.07, 6.45) is -0.435. The first-order valence-corrected chi connectivity index (χ1v) is 6.52. The average Bonchev–Trinajstić information content (AvgIpc) is 2.60.